The lowest BCUT2D eigenvalue weighted by Crippen LogP contribution is -2.54. The highest BCUT2D eigenvalue weighted by atomic mass is 35.5. The van der Waals surface area contributed by atoms with Crippen LogP contribution in [0.2, 0.25) is 10.3 Å². The number of piperidine rings is 2. The number of amides is 4. The number of imidazole rings is 2. The van der Waals surface area contributed by atoms with Gasteiger partial charge in [0, 0.05) is 49.6 Å². The molecule has 5 N–H and O–H groups in total. The van der Waals surface area contributed by atoms with Crippen molar-refractivity contribution in [2.75, 3.05) is 33.5 Å². The Balaban J connectivity index is 0.790. The van der Waals surface area contributed by atoms with E-state index in [4.69, 9.17) is 47.4 Å². The summed E-state index contributed by atoms with van der Waals surface area (Å²) in [5.41, 5.74) is 5.10. The zero-order valence-electron chi connectivity index (χ0n) is 36.9. The van der Waals surface area contributed by atoms with E-state index in [2.05, 4.69) is 50.9 Å². The average Bonchev–Trinajstić information content (AvgIpc) is 4.06. The number of halogens is 2. The molecule has 2 saturated carbocycles. The number of nitrogens with zero attached hydrogens (tertiary/aromatic N) is 4. The summed E-state index contributed by atoms with van der Waals surface area (Å²) in [5.74, 6) is 1.43. The number of fused-ring (bicyclic) bond motifs is 3. The molecule has 0 spiro atoms. The number of carboxylic acid groups (broad SMARTS) is 1. The molecule has 2 aliphatic carbocycles. The summed E-state index contributed by atoms with van der Waals surface area (Å²) in [4.78, 5) is 72.9. The molecule has 5 aromatic rings. The van der Waals surface area contributed by atoms with Crippen LogP contribution in [0, 0.1) is 23.7 Å². The molecule has 350 valence electrons. The number of aromatic amines is 2. The van der Waals surface area contributed by atoms with Crippen LogP contribution in [-0.2, 0) is 23.8 Å². The van der Waals surface area contributed by atoms with Crippen molar-refractivity contribution in [3.05, 3.63) is 82.6 Å². The largest absolute Gasteiger partial charge is 0.465 e. The maximum absolute atomic E-state index is 14.3. The van der Waals surface area contributed by atoms with E-state index < -0.39 is 24.3 Å². The van der Waals surface area contributed by atoms with Crippen LogP contribution >= 0.6 is 23.2 Å². The van der Waals surface area contributed by atoms with Gasteiger partial charge in [-0.05, 0) is 109 Å². The summed E-state index contributed by atoms with van der Waals surface area (Å²) in [6.07, 6.45) is 4.08. The molecule has 6 aliphatic rings. The van der Waals surface area contributed by atoms with Crippen molar-refractivity contribution < 1.29 is 38.5 Å². The van der Waals surface area contributed by atoms with Gasteiger partial charge in [-0.2, -0.15) is 0 Å². The number of H-pyrrole nitrogens is 2. The van der Waals surface area contributed by atoms with Gasteiger partial charge in [-0.15, -0.1) is 0 Å². The highest BCUT2D eigenvalue weighted by molar-refractivity contribution is 6.32. The molecule has 4 saturated heterocycles. The molecule has 8 atom stereocenters. The Morgan fingerprint density at radius 1 is 0.657 bits per heavy atom. The fourth-order valence-corrected chi connectivity index (χ4v) is 11.9. The number of ether oxygens (including phenoxy) is 3. The Labute approximate surface area is 396 Å². The van der Waals surface area contributed by atoms with Gasteiger partial charge in [-0.25, -0.2) is 19.6 Å². The minimum Gasteiger partial charge on any atom is -0.465 e. The van der Waals surface area contributed by atoms with Gasteiger partial charge in [0.2, 0.25) is 11.8 Å². The number of alkyl carbamates (subject to hydrolysis) is 1. The quantitative estimate of drug-likeness (QED) is 0.0860. The number of aromatic nitrogens is 4. The molecule has 67 heavy (non-hydrogen) atoms. The van der Waals surface area contributed by atoms with Crippen molar-refractivity contribution in [3.63, 3.8) is 0 Å². The predicted octanol–water partition coefficient (Wildman–Crippen LogP) is 8.13. The highest BCUT2D eigenvalue weighted by Crippen LogP contribution is 2.55. The number of methoxy groups -OCH3 is 1. The van der Waals surface area contributed by atoms with Crippen LogP contribution in [0.3, 0.4) is 0 Å². The molecule has 3 aromatic carbocycles. The molecular weight excluding hydrogens is 899 g/mol. The number of likely N-dealkylation sites (tertiary alicyclic amines) is 2. The van der Waals surface area contributed by atoms with Gasteiger partial charge in [0.05, 0.1) is 30.6 Å². The first kappa shape index (κ1) is 43.9. The fraction of sp³-hybridized carbons (Fsp3) is 0.469. The van der Waals surface area contributed by atoms with Crippen LogP contribution in [0.5, 0.6) is 0 Å². The van der Waals surface area contributed by atoms with Crippen LogP contribution < -0.4 is 10.6 Å². The molecule has 18 heteroatoms. The Bertz CT molecular complexity index is 2730. The molecule has 0 radical (unpaired) electrons. The third-order valence-electron chi connectivity index (χ3n) is 15.1. The standard InChI is InChI=1S/C49H52Cl2N8O8/c1-65-49(64)55-41(27-12-16-67-17-13-27)47(61)59-35-21-33(35)23-37(59)45-53-39(43(51)57-45)31-9-8-29-18-28(6-7-30(29)19-31)24-2-4-25(5-3-24)38-42(50)56-44(52-38)36-22-32-20-34(32)58(36)46(60)40(54-48(62)63)26-10-14-66-15-11-26/h2-9,18-19,26-27,32-37,40-41,54H,10-17,20-23H2,1H3,(H,52,56)(H,53,57)(H,55,64)(H,62,63)/t32-,33+,34-,35-,36+,37+,40+,41+/m1/s1. The fourth-order valence-electron chi connectivity index (χ4n) is 11.4. The predicted molar refractivity (Wildman–Crippen MR) is 248 cm³/mol. The molecule has 2 aromatic heterocycles. The first-order valence-electron chi connectivity index (χ1n) is 23.3. The van der Waals surface area contributed by atoms with Gasteiger partial charge < -0.3 is 49.7 Å². The monoisotopic (exact) mass is 950 g/mol. The van der Waals surface area contributed by atoms with E-state index in [9.17, 15) is 24.3 Å². The van der Waals surface area contributed by atoms with Crippen molar-refractivity contribution >= 4 is 58.0 Å². The lowest BCUT2D eigenvalue weighted by atomic mass is 9.90. The Morgan fingerprint density at radius 2 is 1.10 bits per heavy atom. The smallest absolute Gasteiger partial charge is 0.407 e. The number of hydrogen-bond donors (Lipinski definition) is 5. The summed E-state index contributed by atoms with van der Waals surface area (Å²) in [5, 5.41) is 17.7. The molecule has 4 amide bonds. The number of rotatable bonds is 11. The second-order valence-corrected chi connectivity index (χ2v) is 19.7. The first-order valence-corrected chi connectivity index (χ1v) is 24.1. The molecule has 0 bridgehead atoms. The summed E-state index contributed by atoms with van der Waals surface area (Å²) >= 11 is 13.6. The molecule has 6 heterocycles. The van der Waals surface area contributed by atoms with Gasteiger partial charge in [0.15, 0.2) is 10.3 Å². The van der Waals surface area contributed by atoms with Crippen LogP contribution in [0.25, 0.3) is 44.4 Å². The van der Waals surface area contributed by atoms with Gasteiger partial charge in [0.25, 0.3) is 0 Å². The van der Waals surface area contributed by atoms with Crippen molar-refractivity contribution in [1.82, 2.24) is 40.4 Å². The molecular formula is C49H52Cl2N8O8. The lowest BCUT2D eigenvalue weighted by molar-refractivity contribution is -0.138. The van der Waals surface area contributed by atoms with E-state index >= 15 is 0 Å². The van der Waals surface area contributed by atoms with E-state index in [0.717, 1.165) is 58.7 Å². The lowest BCUT2D eigenvalue weighted by Gasteiger charge is -2.35. The van der Waals surface area contributed by atoms with E-state index in [0.29, 0.717) is 97.3 Å². The van der Waals surface area contributed by atoms with Crippen molar-refractivity contribution in [2.24, 2.45) is 23.7 Å². The minimum atomic E-state index is -1.21. The van der Waals surface area contributed by atoms with Crippen LogP contribution in [0.4, 0.5) is 9.59 Å². The third-order valence-corrected chi connectivity index (χ3v) is 15.6. The normalized spacial score (nSPS) is 25.6. The number of carbonyl (C=O) groups excluding carboxylic acids is 3. The Morgan fingerprint density at radius 3 is 1.61 bits per heavy atom. The summed E-state index contributed by atoms with van der Waals surface area (Å²) in [6.45, 7) is 2.08. The molecule has 16 nitrogen and oxygen atoms in total. The van der Waals surface area contributed by atoms with Gasteiger partial charge in [-0.1, -0.05) is 71.7 Å². The summed E-state index contributed by atoms with van der Waals surface area (Å²) in [6, 6.07) is 18.5. The number of hydrogen-bond acceptors (Lipinski definition) is 9. The van der Waals surface area contributed by atoms with E-state index in [-0.39, 0.29) is 47.8 Å². The third kappa shape index (κ3) is 8.40. The molecule has 6 fully saturated rings. The van der Waals surface area contributed by atoms with Crippen LogP contribution in [0.1, 0.15) is 75.1 Å². The average molecular weight is 952 g/mol. The van der Waals surface area contributed by atoms with Crippen molar-refractivity contribution in [1.29, 1.82) is 0 Å². The summed E-state index contributed by atoms with van der Waals surface area (Å²) in [7, 11) is 1.30. The van der Waals surface area contributed by atoms with Crippen LogP contribution in [-0.4, -0.2) is 117 Å². The maximum Gasteiger partial charge on any atom is 0.407 e. The first-order chi connectivity index (χ1) is 32.5. The van der Waals surface area contributed by atoms with Gasteiger partial charge >= 0.3 is 12.2 Å². The maximum atomic E-state index is 14.3. The molecule has 11 rings (SSSR count). The molecule has 0 unspecified atom stereocenters. The topological polar surface area (TPSA) is 204 Å². The minimum absolute atomic E-state index is 0.0591. The number of carbonyl (C=O) groups is 4. The number of nitrogens with one attached hydrogen (secondary N) is 4. The zero-order valence-corrected chi connectivity index (χ0v) is 38.4. The van der Waals surface area contributed by atoms with E-state index in [1.54, 1.807) is 0 Å². The van der Waals surface area contributed by atoms with Crippen molar-refractivity contribution in [3.8, 4) is 33.6 Å². The number of benzene rings is 3. The second kappa shape index (κ2) is 17.8. The zero-order chi connectivity index (χ0) is 46.1. The summed E-state index contributed by atoms with van der Waals surface area (Å²) < 4.78 is 16.0. The van der Waals surface area contributed by atoms with Gasteiger partial charge in [-0.3, -0.25) is 9.59 Å². The Kier molecular flexibility index (Phi) is 11.6. The molecule has 4 aliphatic heterocycles. The van der Waals surface area contributed by atoms with Crippen LogP contribution in [0.15, 0.2) is 60.7 Å². The van der Waals surface area contributed by atoms with Gasteiger partial charge in [0.1, 0.15) is 23.7 Å². The van der Waals surface area contributed by atoms with E-state index in [1.165, 1.54) is 7.11 Å². The van der Waals surface area contributed by atoms with E-state index in [1.807, 2.05) is 40.1 Å². The Hall–Kier alpha value is -5.68. The van der Waals surface area contributed by atoms with Crippen molar-refractivity contribution in [2.45, 2.75) is 87.6 Å². The SMILES string of the molecule is COC(=O)N[C@H](C(=O)N1[C@@H]2C[C@H]2C[C@H]1c1nc(Cl)c(-c2ccc3cc(-c4ccc(-c5[nH]c([C@@H]6C[C@H]7C[C@H]7N6C(=O)[C@@H](NC(=O)O)C6CCOCC6)nc5Cl)cc4)ccc3c2)[nH]1)C1CCOCC1. The highest BCUT2D eigenvalue weighted by Gasteiger charge is 2.58. The second-order valence-electron chi connectivity index (χ2n) is 19.0.